The molecule has 0 amide bonds. The third kappa shape index (κ3) is 1.76. The molecule has 0 heterocycles. The molecule has 17 heavy (non-hydrogen) atoms. The molecule has 4 aliphatic rings. The molecule has 4 saturated carbocycles. The molecule has 2 heteroatoms. The summed E-state index contributed by atoms with van der Waals surface area (Å²) >= 11 is 0. The summed E-state index contributed by atoms with van der Waals surface area (Å²) in [5.74, 6) is 3.40. The second-order valence-electron chi connectivity index (χ2n) is 6.59. The summed E-state index contributed by atoms with van der Waals surface area (Å²) < 4.78 is 6.17. The first-order valence-corrected chi connectivity index (χ1v) is 7.53. The molecule has 0 aliphatic heterocycles. The monoisotopic (exact) mass is 238 g/mol. The molecule has 1 atom stereocenters. The van der Waals surface area contributed by atoms with Crippen LogP contribution >= 0.6 is 0 Å². The molecule has 98 valence electrons. The largest absolute Gasteiger partial charge is 0.368 e. The predicted octanol–water partition coefficient (Wildman–Crippen LogP) is 3.34. The van der Waals surface area contributed by atoms with Gasteiger partial charge in [0, 0.05) is 0 Å². The Balaban J connectivity index is 1.84. The van der Waals surface area contributed by atoms with Crippen molar-refractivity contribution in [3.05, 3.63) is 0 Å². The van der Waals surface area contributed by atoms with Crippen molar-refractivity contribution in [1.29, 1.82) is 0 Å². The van der Waals surface area contributed by atoms with Gasteiger partial charge < -0.3 is 9.84 Å². The zero-order chi connectivity index (χ0) is 12.0. The fourth-order valence-corrected chi connectivity index (χ4v) is 5.17. The first-order chi connectivity index (χ1) is 8.18. The van der Waals surface area contributed by atoms with Gasteiger partial charge in [0.05, 0.1) is 5.60 Å². The minimum absolute atomic E-state index is 0.0167. The Morgan fingerprint density at radius 3 is 2.00 bits per heavy atom. The second kappa shape index (κ2) is 4.24. The molecule has 0 aromatic carbocycles. The SMILES string of the molecule is CCC(O)OC1(CC)C2CC3CC(C2)CC1C3. The zero-order valence-electron chi connectivity index (χ0n) is 11.2. The summed E-state index contributed by atoms with van der Waals surface area (Å²) in [5.41, 5.74) is 0.0167. The Labute approximate surface area is 105 Å². The Morgan fingerprint density at radius 1 is 1.06 bits per heavy atom. The van der Waals surface area contributed by atoms with E-state index in [1.807, 2.05) is 6.92 Å². The second-order valence-corrected chi connectivity index (χ2v) is 6.59. The number of aliphatic hydroxyl groups excluding tert-OH is 1. The molecule has 4 fully saturated rings. The van der Waals surface area contributed by atoms with Crippen molar-refractivity contribution in [2.24, 2.45) is 23.7 Å². The number of rotatable bonds is 4. The minimum atomic E-state index is -0.549. The van der Waals surface area contributed by atoms with Crippen molar-refractivity contribution in [1.82, 2.24) is 0 Å². The van der Waals surface area contributed by atoms with Crippen molar-refractivity contribution in [3.63, 3.8) is 0 Å². The molecule has 0 aromatic heterocycles. The summed E-state index contributed by atoms with van der Waals surface area (Å²) in [6.07, 6.45) is 8.16. The van der Waals surface area contributed by atoms with Gasteiger partial charge in [-0.25, -0.2) is 0 Å². The highest BCUT2D eigenvalue weighted by molar-refractivity contribution is 5.07. The smallest absolute Gasteiger partial charge is 0.155 e. The number of hydrogen-bond donors (Lipinski definition) is 1. The summed E-state index contributed by atoms with van der Waals surface area (Å²) in [5, 5.41) is 9.92. The molecule has 2 nitrogen and oxygen atoms in total. The molecular formula is C15H26O2. The molecule has 1 unspecified atom stereocenters. The van der Waals surface area contributed by atoms with E-state index in [0.717, 1.165) is 30.1 Å². The van der Waals surface area contributed by atoms with Gasteiger partial charge in [0.15, 0.2) is 6.29 Å². The lowest BCUT2D eigenvalue weighted by atomic mass is 9.49. The lowest BCUT2D eigenvalue weighted by molar-refractivity contribution is -0.270. The average Bonchev–Trinajstić information content (AvgIpc) is 2.33. The highest BCUT2D eigenvalue weighted by atomic mass is 16.6. The molecular weight excluding hydrogens is 212 g/mol. The molecule has 4 rings (SSSR count). The summed E-state index contributed by atoms with van der Waals surface area (Å²) in [7, 11) is 0. The fourth-order valence-electron chi connectivity index (χ4n) is 5.17. The Bertz CT molecular complexity index is 259. The number of aliphatic hydroxyl groups is 1. The summed E-state index contributed by atoms with van der Waals surface area (Å²) in [4.78, 5) is 0. The highest BCUT2D eigenvalue weighted by Gasteiger charge is 2.57. The first-order valence-electron chi connectivity index (χ1n) is 7.53. The topological polar surface area (TPSA) is 29.5 Å². The Hall–Kier alpha value is -0.0800. The van der Waals surface area contributed by atoms with E-state index in [0.29, 0.717) is 6.42 Å². The zero-order valence-corrected chi connectivity index (χ0v) is 11.2. The van der Waals surface area contributed by atoms with Crippen molar-refractivity contribution in [2.45, 2.75) is 70.7 Å². The molecule has 1 N–H and O–H groups in total. The molecule has 0 spiro atoms. The van der Waals surface area contributed by atoms with Crippen LogP contribution in [0.1, 0.15) is 58.8 Å². The van der Waals surface area contributed by atoms with Crippen LogP contribution in [0.4, 0.5) is 0 Å². The van der Waals surface area contributed by atoms with E-state index >= 15 is 0 Å². The van der Waals surface area contributed by atoms with Gasteiger partial charge in [-0.15, -0.1) is 0 Å². The summed E-state index contributed by atoms with van der Waals surface area (Å²) in [6, 6.07) is 0. The Kier molecular flexibility index (Phi) is 2.99. The van der Waals surface area contributed by atoms with Crippen LogP contribution in [0.25, 0.3) is 0 Å². The average molecular weight is 238 g/mol. The van der Waals surface area contributed by atoms with Crippen molar-refractivity contribution < 1.29 is 9.84 Å². The number of hydrogen-bond acceptors (Lipinski definition) is 2. The van der Waals surface area contributed by atoms with Gasteiger partial charge in [-0.1, -0.05) is 13.8 Å². The van der Waals surface area contributed by atoms with Crippen LogP contribution in [0.5, 0.6) is 0 Å². The van der Waals surface area contributed by atoms with Gasteiger partial charge >= 0.3 is 0 Å². The van der Waals surface area contributed by atoms with Gasteiger partial charge in [0.2, 0.25) is 0 Å². The van der Waals surface area contributed by atoms with E-state index in [2.05, 4.69) is 6.92 Å². The van der Waals surface area contributed by atoms with E-state index in [1.165, 1.54) is 32.1 Å². The molecule has 0 radical (unpaired) electrons. The van der Waals surface area contributed by atoms with E-state index < -0.39 is 6.29 Å². The van der Waals surface area contributed by atoms with Crippen LogP contribution in [0.15, 0.2) is 0 Å². The van der Waals surface area contributed by atoms with Crippen LogP contribution in [-0.2, 0) is 4.74 Å². The van der Waals surface area contributed by atoms with Gasteiger partial charge in [0.25, 0.3) is 0 Å². The quantitative estimate of drug-likeness (QED) is 0.761. The van der Waals surface area contributed by atoms with E-state index in [-0.39, 0.29) is 5.60 Å². The van der Waals surface area contributed by atoms with Crippen LogP contribution in [0, 0.1) is 23.7 Å². The number of ether oxygens (including phenoxy) is 1. The molecule has 4 bridgehead atoms. The lowest BCUT2D eigenvalue weighted by Crippen LogP contribution is -2.59. The van der Waals surface area contributed by atoms with Crippen LogP contribution in [-0.4, -0.2) is 17.0 Å². The van der Waals surface area contributed by atoms with Gasteiger partial charge in [-0.2, -0.15) is 0 Å². The third-order valence-corrected chi connectivity index (χ3v) is 5.78. The van der Waals surface area contributed by atoms with E-state index in [9.17, 15) is 5.11 Å². The van der Waals surface area contributed by atoms with Gasteiger partial charge in [0.1, 0.15) is 0 Å². The van der Waals surface area contributed by atoms with Crippen LogP contribution in [0.3, 0.4) is 0 Å². The first kappa shape index (κ1) is 12.0. The standard InChI is InChI=1S/C15H26O2/c1-3-14(16)17-15(4-2)12-6-10-5-11(8-12)9-13(15)7-10/h10-14,16H,3-9H2,1-2H3. The van der Waals surface area contributed by atoms with Crippen LogP contribution in [0.2, 0.25) is 0 Å². The predicted molar refractivity (Wildman–Crippen MR) is 67.4 cm³/mol. The van der Waals surface area contributed by atoms with E-state index in [1.54, 1.807) is 0 Å². The third-order valence-electron chi connectivity index (χ3n) is 5.78. The minimum Gasteiger partial charge on any atom is -0.368 e. The summed E-state index contributed by atoms with van der Waals surface area (Å²) in [6.45, 7) is 4.26. The normalized spacial score (nSPS) is 49.6. The van der Waals surface area contributed by atoms with Crippen molar-refractivity contribution >= 4 is 0 Å². The maximum absolute atomic E-state index is 9.92. The Morgan fingerprint density at radius 2 is 1.59 bits per heavy atom. The fraction of sp³-hybridized carbons (Fsp3) is 1.00. The highest BCUT2D eigenvalue weighted by Crippen LogP contribution is 2.60. The maximum Gasteiger partial charge on any atom is 0.155 e. The lowest BCUT2D eigenvalue weighted by Gasteiger charge is -2.61. The van der Waals surface area contributed by atoms with Gasteiger partial charge in [-0.3, -0.25) is 0 Å². The van der Waals surface area contributed by atoms with Crippen LogP contribution < -0.4 is 0 Å². The molecule has 0 saturated heterocycles. The molecule has 4 aliphatic carbocycles. The van der Waals surface area contributed by atoms with Crippen molar-refractivity contribution in [2.75, 3.05) is 0 Å². The molecule has 0 aromatic rings. The van der Waals surface area contributed by atoms with Gasteiger partial charge in [-0.05, 0) is 68.6 Å². The maximum atomic E-state index is 9.92. The van der Waals surface area contributed by atoms with Crippen molar-refractivity contribution in [3.8, 4) is 0 Å². The van der Waals surface area contributed by atoms with E-state index in [4.69, 9.17) is 4.74 Å².